The number of hydrogen-bond donors (Lipinski definition) is 2. The van der Waals surface area contributed by atoms with Crippen molar-refractivity contribution in [2.75, 3.05) is 0 Å². The lowest BCUT2D eigenvalue weighted by atomic mass is 10.3. The lowest BCUT2D eigenvalue weighted by Crippen LogP contribution is -2.22. The Morgan fingerprint density at radius 1 is 1.64 bits per heavy atom. The zero-order chi connectivity index (χ0) is 9.80. The Balaban J connectivity index is 1.90. The normalized spacial score (nSPS) is 10.0. The fraction of sp³-hybridized carbons (Fsp3) is 0.143. The molecule has 2 aromatic heterocycles. The number of aromatic amines is 1. The molecular weight excluding hydrogens is 186 g/mol. The first-order chi connectivity index (χ1) is 6.86. The fourth-order valence-electron chi connectivity index (χ4n) is 0.912. The molecule has 0 fully saturated rings. The Kier molecular flexibility index (Phi) is 2.22. The molecule has 14 heavy (non-hydrogen) atoms. The number of carbonyl (C=O) groups excluding carboxylic acids is 1. The molecule has 0 saturated heterocycles. The third kappa shape index (κ3) is 1.76. The molecule has 0 aromatic carbocycles. The molecule has 2 rings (SSSR count). The second-order valence-corrected chi connectivity index (χ2v) is 2.52. The van der Waals surface area contributed by atoms with Gasteiger partial charge in [0, 0.05) is 0 Å². The van der Waals surface area contributed by atoms with Crippen molar-refractivity contribution in [2.45, 2.75) is 6.54 Å². The summed E-state index contributed by atoms with van der Waals surface area (Å²) in [6.07, 6.45) is 2.80. The maximum Gasteiger partial charge on any atom is 0.254 e. The zero-order valence-electron chi connectivity index (χ0n) is 7.10. The van der Waals surface area contributed by atoms with E-state index < -0.39 is 0 Å². The van der Waals surface area contributed by atoms with Crippen LogP contribution >= 0.6 is 0 Å². The number of H-pyrrole nitrogens is 1. The number of hydrogen-bond acceptors (Lipinski definition) is 5. The molecule has 2 N–H and O–H groups in total. The van der Waals surface area contributed by atoms with Gasteiger partial charge in [0.25, 0.3) is 5.91 Å². The van der Waals surface area contributed by atoms with Gasteiger partial charge in [-0.05, 0) is 6.07 Å². The van der Waals surface area contributed by atoms with Crippen LogP contribution in [0.25, 0.3) is 0 Å². The number of carbonyl (C=O) groups is 1. The molecule has 0 atom stereocenters. The fourth-order valence-corrected chi connectivity index (χ4v) is 0.912. The van der Waals surface area contributed by atoms with E-state index in [0.717, 1.165) is 0 Å². The van der Waals surface area contributed by atoms with Crippen molar-refractivity contribution in [2.24, 2.45) is 0 Å². The average molecular weight is 193 g/mol. The minimum atomic E-state index is -0.233. The van der Waals surface area contributed by atoms with Crippen LogP contribution in [0.3, 0.4) is 0 Å². The van der Waals surface area contributed by atoms with Crippen LogP contribution in [0.2, 0.25) is 0 Å². The number of tetrazole rings is 1. The standard InChI is InChI=1S/C7H7N5O2/c13-7(5-1-2-14-4-5)8-3-6-9-11-12-10-6/h1-2,4H,3H2,(H,8,13)(H,9,10,11,12). The van der Waals surface area contributed by atoms with Crippen molar-refractivity contribution in [3.8, 4) is 0 Å². The van der Waals surface area contributed by atoms with Crippen molar-refractivity contribution in [1.29, 1.82) is 0 Å². The number of furan rings is 1. The third-order valence-corrected chi connectivity index (χ3v) is 1.58. The summed E-state index contributed by atoms with van der Waals surface area (Å²) in [5.41, 5.74) is 0.466. The van der Waals surface area contributed by atoms with Gasteiger partial charge in [0.1, 0.15) is 6.26 Å². The third-order valence-electron chi connectivity index (χ3n) is 1.58. The van der Waals surface area contributed by atoms with Gasteiger partial charge in [-0.3, -0.25) is 4.79 Å². The molecule has 0 radical (unpaired) electrons. The van der Waals surface area contributed by atoms with E-state index in [1.807, 2.05) is 0 Å². The predicted octanol–water partition coefficient (Wildman–Crippen LogP) is -0.277. The molecule has 72 valence electrons. The van der Waals surface area contributed by atoms with Gasteiger partial charge in [-0.25, -0.2) is 0 Å². The maximum atomic E-state index is 11.3. The molecule has 0 spiro atoms. The molecule has 7 nitrogen and oxygen atoms in total. The van der Waals surface area contributed by atoms with Crippen LogP contribution in [0.4, 0.5) is 0 Å². The van der Waals surface area contributed by atoms with E-state index in [0.29, 0.717) is 11.4 Å². The second kappa shape index (κ2) is 3.69. The molecule has 1 amide bonds. The highest BCUT2D eigenvalue weighted by Crippen LogP contribution is 1.99. The molecule has 0 aliphatic carbocycles. The smallest absolute Gasteiger partial charge is 0.254 e. The van der Waals surface area contributed by atoms with Crippen LogP contribution in [0.1, 0.15) is 16.2 Å². The van der Waals surface area contributed by atoms with Crippen molar-refractivity contribution < 1.29 is 9.21 Å². The lowest BCUT2D eigenvalue weighted by molar-refractivity contribution is 0.0949. The van der Waals surface area contributed by atoms with E-state index in [-0.39, 0.29) is 12.5 Å². The van der Waals surface area contributed by atoms with Crippen LogP contribution in [-0.2, 0) is 6.54 Å². The van der Waals surface area contributed by atoms with Gasteiger partial charge in [0.15, 0.2) is 5.82 Å². The van der Waals surface area contributed by atoms with Crippen LogP contribution in [0.15, 0.2) is 23.0 Å². The molecule has 0 saturated carbocycles. The summed E-state index contributed by atoms with van der Waals surface area (Å²) in [4.78, 5) is 11.3. The summed E-state index contributed by atoms with van der Waals surface area (Å²) < 4.78 is 4.76. The highest BCUT2D eigenvalue weighted by atomic mass is 16.3. The monoisotopic (exact) mass is 193 g/mol. The van der Waals surface area contributed by atoms with Gasteiger partial charge in [-0.2, -0.15) is 5.21 Å². The van der Waals surface area contributed by atoms with Gasteiger partial charge < -0.3 is 9.73 Å². The molecule has 2 aromatic rings. The summed E-state index contributed by atoms with van der Waals surface area (Å²) in [5.74, 6) is 0.199. The predicted molar refractivity (Wildman–Crippen MR) is 44.1 cm³/mol. The lowest BCUT2D eigenvalue weighted by Gasteiger charge is -1.97. The Morgan fingerprint density at radius 2 is 2.57 bits per heavy atom. The summed E-state index contributed by atoms with van der Waals surface area (Å²) in [6.45, 7) is 0.237. The van der Waals surface area contributed by atoms with Gasteiger partial charge in [-0.15, -0.1) is 10.2 Å². The number of aromatic nitrogens is 4. The largest absolute Gasteiger partial charge is 0.472 e. The Labute approximate surface area is 78.5 Å². The van der Waals surface area contributed by atoms with E-state index in [2.05, 4.69) is 25.9 Å². The Hall–Kier alpha value is -2.18. The highest BCUT2D eigenvalue weighted by Gasteiger charge is 2.07. The first-order valence-corrected chi connectivity index (χ1v) is 3.89. The van der Waals surface area contributed by atoms with Crippen molar-refractivity contribution in [3.63, 3.8) is 0 Å². The topological polar surface area (TPSA) is 96.7 Å². The summed E-state index contributed by atoms with van der Waals surface area (Å²) in [6, 6.07) is 1.57. The summed E-state index contributed by atoms with van der Waals surface area (Å²) in [7, 11) is 0. The van der Waals surface area contributed by atoms with Gasteiger partial charge in [0.05, 0.1) is 18.4 Å². The van der Waals surface area contributed by atoms with Gasteiger partial charge in [0.2, 0.25) is 0 Å². The SMILES string of the molecule is O=C(NCc1nn[nH]n1)c1ccoc1. The number of nitrogens with one attached hydrogen (secondary N) is 2. The molecule has 0 aliphatic rings. The van der Waals surface area contributed by atoms with Crippen LogP contribution in [0, 0.1) is 0 Å². The van der Waals surface area contributed by atoms with Crippen LogP contribution < -0.4 is 5.32 Å². The molecular formula is C7H7N5O2. The first kappa shape index (κ1) is 8.42. The van der Waals surface area contributed by atoms with Gasteiger partial charge in [-0.1, -0.05) is 5.21 Å². The van der Waals surface area contributed by atoms with Crippen molar-refractivity contribution in [1.82, 2.24) is 25.9 Å². The number of nitrogens with zero attached hydrogens (tertiary/aromatic N) is 3. The summed E-state index contributed by atoms with van der Waals surface area (Å²) in [5, 5.41) is 15.6. The van der Waals surface area contributed by atoms with Crippen LogP contribution in [0.5, 0.6) is 0 Å². The number of rotatable bonds is 3. The van der Waals surface area contributed by atoms with E-state index in [1.54, 1.807) is 6.07 Å². The van der Waals surface area contributed by atoms with Crippen molar-refractivity contribution >= 4 is 5.91 Å². The second-order valence-electron chi connectivity index (χ2n) is 2.52. The Bertz CT molecular complexity index is 394. The minimum absolute atomic E-state index is 0.233. The number of amides is 1. The highest BCUT2D eigenvalue weighted by molar-refractivity contribution is 5.93. The quantitative estimate of drug-likeness (QED) is 0.698. The zero-order valence-corrected chi connectivity index (χ0v) is 7.10. The minimum Gasteiger partial charge on any atom is -0.472 e. The molecule has 0 bridgehead atoms. The average Bonchev–Trinajstić information content (AvgIpc) is 2.87. The van der Waals surface area contributed by atoms with Crippen LogP contribution in [-0.4, -0.2) is 26.5 Å². The van der Waals surface area contributed by atoms with Crippen molar-refractivity contribution in [3.05, 3.63) is 30.0 Å². The molecule has 2 heterocycles. The first-order valence-electron chi connectivity index (χ1n) is 3.89. The van der Waals surface area contributed by atoms with E-state index in [1.165, 1.54) is 12.5 Å². The van der Waals surface area contributed by atoms with Gasteiger partial charge >= 0.3 is 0 Å². The van der Waals surface area contributed by atoms with E-state index in [9.17, 15) is 4.79 Å². The maximum absolute atomic E-state index is 11.3. The molecule has 0 unspecified atom stereocenters. The summed E-state index contributed by atoms with van der Waals surface area (Å²) >= 11 is 0. The molecule has 0 aliphatic heterocycles. The van der Waals surface area contributed by atoms with E-state index >= 15 is 0 Å². The van der Waals surface area contributed by atoms with E-state index in [4.69, 9.17) is 4.42 Å². The molecule has 7 heteroatoms. The Morgan fingerprint density at radius 3 is 3.21 bits per heavy atom.